The molecule has 0 unspecified atom stereocenters. The maximum Gasteiger partial charge on any atom is 0.348 e. The number of benzene rings is 1. The van der Waals surface area contributed by atoms with Gasteiger partial charge in [-0.15, -0.1) is 5.10 Å². The number of aromatic nitrogens is 4. The zero-order valence-corrected chi connectivity index (χ0v) is 13.7. The highest BCUT2D eigenvalue weighted by molar-refractivity contribution is 9.10. The zero-order valence-electron chi connectivity index (χ0n) is 11.3. The van der Waals surface area contributed by atoms with Crippen molar-refractivity contribution in [1.82, 2.24) is 19.7 Å². The number of H-pyrrole nitrogens is 1. The third-order valence-electron chi connectivity index (χ3n) is 2.84. The van der Waals surface area contributed by atoms with Gasteiger partial charge in [0.05, 0.1) is 10.6 Å². The average molecular weight is 394 g/mol. The first-order chi connectivity index (χ1) is 11.1. The first-order valence-corrected chi connectivity index (χ1v) is 7.88. The molecule has 116 valence electrons. The van der Waals surface area contributed by atoms with Gasteiger partial charge in [0.15, 0.2) is 5.03 Å². The number of nitrogens with one attached hydrogen (secondary N) is 1. The molecule has 1 N–H and O–H groups in total. The fraction of sp³-hybridized carbons (Fsp3) is 0. The third-order valence-corrected chi connectivity index (χ3v) is 4.24. The van der Waals surface area contributed by atoms with E-state index in [0.717, 1.165) is 11.8 Å². The molecule has 0 saturated carbocycles. The van der Waals surface area contributed by atoms with Crippen molar-refractivity contribution in [3.63, 3.8) is 0 Å². The number of hydrogen-bond acceptors (Lipinski definition) is 6. The Morgan fingerprint density at radius 1 is 1.30 bits per heavy atom. The van der Waals surface area contributed by atoms with Gasteiger partial charge in [-0.05, 0) is 39.8 Å². The van der Waals surface area contributed by atoms with E-state index >= 15 is 0 Å². The summed E-state index contributed by atoms with van der Waals surface area (Å²) in [4.78, 5) is 26.6. The predicted molar refractivity (Wildman–Crippen MR) is 86.9 cm³/mol. The van der Waals surface area contributed by atoms with Crippen LogP contribution >= 0.6 is 27.7 Å². The molecule has 0 radical (unpaired) electrons. The first kappa shape index (κ1) is 15.4. The number of hydrogen-bond donors (Lipinski definition) is 1. The van der Waals surface area contributed by atoms with Crippen LogP contribution in [-0.2, 0) is 0 Å². The lowest BCUT2D eigenvalue weighted by Crippen LogP contribution is -2.15. The third kappa shape index (κ3) is 3.17. The molecule has 23 heavy (non-hydrogen) atoms. The van der Waals surface area contributed by atoms with E-state index < -0.39 is 10.6 Å². The molecule has 3 rings (SSSR count). The summed E-state index contributed by atoms with van der Waals surface area (Å²) in [7, 11) is 0. The van der Waals surface area contributed by atoms with Gasteiger partial charge in [-0.1, -0.05) is 18.2 Å². The van der Waals surface area contributed by atoms with E-state index in [1.807, 2.05) is 6.07 Å². The van der Waals surface area contributed by atoms with Gasteiger partial charge >= 0.3 is 11.4 Å². The van der Waals surface area contributed by atoms with Crippen LogP contribution in [0.5, 0.6) is 0 Å². The van der Waals surface area contributed by atoms with Crippen LogP contribution in [0.1, 0.15) is 0 Å². The van der Waals surface area contributed by atoms with Crippen molar-refractivity contribution in [2.45, 2.75) is 10.2 Å². The Labute approximate surface area is 141 Å². The van der Waals surface area contributed by atoms with Gasteiger partial charge in [0.2, 0.25) is 5.16 Å². The Hall–Kier alpha value is -2.46. The van der Waals surface area contributed by atoms with E-state index in [1.165, 1.54) is 16.8 Å². The molecule has 0 bridgehead atoms. The lowest BCUT2D eigenvalue weighted by atomic mass is 10.3. The predicted octanol–water partition coefficient (Wildman–Crippen LogP) is 2.78. The fourth-order valence-electron chi connectivity index (χ4n) is 1.87. The molecule has 0 aliphatic heterocycles. The minimum absolute atomic E-state index is 0.148. The molecular formula is C13H8BrN5O3S. The standard InChI is InChI=1S/C13H8BrN5O3S/c14-8-6-10(19(21)22)11(15-7-8)23-13-17-16-12(20)18(13)9-4-2-1-3-5-9/h1-7H,(H,16,20). The van der Waals surface area contributed by atoms with Gasteiger partial charge in [-0.2, -0.15) is 0 Å². The van der Waals surface area contributed by atoms with E-state index in [-0.39, 0.29) is 15.9 Å². The molecule has 0 amide bonds. The number of nitrogens with zero attached hydrogens (tertiary/aromatic N) is 4. The number of aromatic amines is 1. The number of rotatable bonds is 4. The van der Waals surface area contributed by atoms with Crippen molar-refractivity contribution in [1.29, 1.82) is 0 Å². The summed E-state index contributed by atoms with van der Waals surface area (Å²) >= 11 is 4.09. The van der Waals surface area contributed by atoms with E-state index in [2.05, 4.69) is 31.1 Å². The summed E-state index contributed by atoms with van der Waals surface area (Å²) in [5.74, 6) is 0. The molecule has 2 aromatic heterocycles. The second-order valence-electron chi connectivity index (χ2n) is 4.32. The number of halogens is 1. The molecule has 2 heterocycles. The summed E-state index contributed by atoms with van der Waals surface area (Å²) in [6.45, 7) is 0. The molecule has 8 nitrogen and oxygen atoms in total. The van der Waals surface area contributed by atoms with Crippen LogP contribution in [-0.4, -0.2) is 24.7 Å². The molecule has 0 fully saturated rings. The number of para-hydroxylation sites is 1. The van der Waals surface area contributed by atoms with Crippen molar-refractivity contribution >= 4 is 33.4 Å². The Balaban J connectivity index is 2.06. The van der Waals surface area contributed by atoms with Gasteiger partial charge < -0.3 is 0 Å². The highest BCUT2D eigenvalue weighted by Gasteiger charge is 2.21. The second-order valence-corrected chi connectivity index (χ2v) is 6.19. The van der Waals surface area contributed by atoms with Crippen LogP contribution in [0.3, 0.4) is 0 Å². The number of nitro groups is 1. The summed E-state index contributed by atoms with van der Waals surface area (Å²) in [6.07, 6.45) is 1.45. The normalized spacial score (nSPS) is 10.7. The topological polar surface area (TPSA) is 107 Å². The Bertz CT molecular complexity index is 925. The SMILES string of the molecule is O=c1[nH]nc(Sc2ncc(Br)cc2[N+](=O)[O-])n1-c1ccccc1. The lowest BCUT2D eigenvalue weighted by Gasteiger charge is -2.05. The van der Waals surface area contributed by atoms with Crippen LogP contribution < -0.4 is 5.69 Å². The van der Waals surface area contributed by atoms with Crippen LogP contribution in [0.2, 0.25) is 0 Å². The van der Waals surface area contributed by atoms with Crippen molar-refractivity contribution < 1.29 is 4.92 Å². The molecule has 0 aliphatic carbocycles. The Morgan fingerprint density at radius 3 is 2.74 bits per heavy atom. The van der Waals surface area contributed by atoms with Gasteiger partial charge in [-0.3, -0.25) is 10.1 Å². The average Bonchev–Trinajstić information content (AvgIpc) is 2.90. The molecule has 10 heteroatoms. The maximum atomic E-state index is 12.0. The molecule has 1 aromatic carbocycles. The van der Waals surface area contributed by atoms with E-state index in [0.29, 0.717) is 10.2 Å². The van der Waals surface area contributed by atoms with E-state index in [4.69, 9.17) is 0 Å². The molecule has 3 aromatic rings. The highest BCUT2D eigenvalue weighted by Crippen LogP contribution is 2.33. The van der Waals surface area contributed by atoms with Gasteiger partial charge in [0.1, 0.15) is 0 Å². The molecule has 0 spiro atoms. The highest BCUT2D eigenvalue weighted by atomic mass is 79.9. The molecule has 0 aliphatic rings. The molecular weight excluding hydrogens is 386 g/mol. The smallest absolute Gasteiger partial charge is 0.258 e. The summed E-state index contributed by atoms with van der Waals surface area (Å²) < 4.78 is 1.83. The van der Waals surface area contributed by atoms with E-state index in [1.54, 1.807) is 24.3 Å². The zero-order chi connectivity index (χ0) is 16.4. The van der Waals surface area contributed by atoms with Crippen LogP contribution in [0, 0.1) is 10.1 Å². The van der Waals surface area contributed by atoms with E-state index in [9.17, 15) is 14.9 Å². The summed E-state index contributed by atoms with van der Waals surface area (Å²) in [5.41, 5.74) is 0.00594. The molecule has 0 atom stereocenters. The van der Waals surface area contributed by atoms with Crippen molar-refractivity contribution in [2.75, 3.05) is 0 Å². The van der Waals surface area contributed by atoms with Crippen LogP contribution in [0.25, 0.3) is 5.69 Å². The minimum atomic E-state index is -0.530. The van der Waals surface area contributed by atoms with Crippen molar-refractivity contribution in [3.8, 4) is 5.69 Å². The lowest BCUT2D eigenvalue weighted by molar-refractivity contribution is -0.388. The van der Waals surface area contributed by atoms with Crippen molar-refractivity contribution in [3.05, 3.63) is 67.7 Å². The Kier molecular flexibility index (Phi) is 4.26. The number of pyridine rings is 1. The quantitative estimate of drug-likeness (QED) is 0.539. The summed E-state index contributed by atoms with van der Waals surface area (Å²) in [6, 6.07) is 10.2. The van der Waals surface area contributed by atoms with Crippen molar-refractivity contribution in [2.24, 2.45) is 0 Å². The van der Waals surface area contributed by atoms with Crippen LogP contribution in [0.4, 0.5) is 5.69 Å². The Morgan fingerprint density at radius 2 is 2.04 bits per heavy atom. The monoisotopic (exact) mass is 393 g/mol. The fourth-order valence-corrected chi connectivity index (χ4v) is 3.07. The summed E-state index contributed by atoms with van der Waals surface area (Å²) in [5, 5.41) is 17.8. The van der Waals surface area contributed by atoms with Gasteiger partial charge in [0, 0.05) is 16.7 Å². The molecule has 0 saturated heterocycles. The minimum Gasteiger partial charge on any atom is -0.258 e. The largest absolute Gasteiger partial charge is 0.348 e. The van der Waals surface area contributed by atoms with Gasteiger partial charge in [-0.25, -0.2) is 19.4 Å². The van der Waals surface area contributed by atoms with Gasteiger partial charge in [0.25, 0.3) is 0 Å². The second kappa shape index (κ2) is 6.34. The van der Waals surface area contributed by atoms with Crippen LogP contribution in [0.15, 0.2) is 62.0 Å². The first-order valence-electron chi connectivity index (χ1n) is 6.27. The maximum absolute atomic E-state index is 12.0.